The highest BCUT2D eigenvalue weighted by Crippen LogP contribution is 2.22. The first-order valence-corrected chi connectivity index (χ1v) is 6.81. The van der Waals surface area contributed by atoms with Gasteiger partial charge in [0.05, 0.1) is 12.2 Å². The molecule has 0 radical (unpaired) electrons. The number of carboxylic acid groups (broad SMARTS) is 1. The normalized spacial score (nSPS) is 23.8. The number of carbonyl (C=O) groups is 2. The van der Waals surface area contributed by atoms with Gasteiger partial charge in [0, 0.05) is 6.42 Å². The van der Waals surface area contributed by atoms with Crippen LogP contribution in [-0.4, -0.2) is 35.2 Å². The van der Waals surface area contributed by atoms with Crippen molar-refractivity contribution in [3.63, 3.8) is 0 Å². The fraction of sp³-hybridized carbons (Fsp3) is 0.714. The van der Waals surface area contributed by atoms with Gasteiger partial charge in [-0.2, -0.15) is 0 Å². The highest BCUT2D eigenvalue weighted by atomic mass is 16.5. The number of hydrogen-bond acceptors (Lipinski definition) is 3. The molecule has 0 aromatic carbocycles. The van der Waals surface area contributed by atoms with E-state index in [0.29, 0.717) is 25.7 Å². The number of rotatable bonds is 8. The predicted molar refractivity (Wildman–Crippen MR) is 71.8 cm³/mol. The van der Waals surface area contributed by atoms with Crippen LogP contribution in [0.1, 0.15) is 45.4 Å². The lowest BCUT2D eigenvalue weighted by Gasteiger charge is -2.15. The lowest BCUT2D eigenvalue weighted by Crippen LogP contribution is -2.40. The summed E-state index contributed by atoms with van der Waals surface area (Å²) in [6.07, 6.45) is 5.98. The summed E-state index contributed by atoms with van der Waals surface area (Å²) in [6.45, 7) is 5.57. The minimum atomic E-state index is -0.999. The Morgan fingerprint density at radius 1 is 1.53 bits per heavy atom. The first-order chi connectivity index (χ1) is 9.02. The number of nitrogens with one attached hydrogen (secondary N) is 1. The topological polar surface area (TPSA) is 75.6 Å². The third kappa shape index (κ3) is 5.87. The van der Waals surface area contributed by atoms with E-state index >= 15 is 0 Å². The summed E-state index contributed by atoms with van der Waals surface area (Å²) in [4.78, 5) is 22.7. The smallest absolute Gasteiger partial charge is 0.326 e. The van der Waals surface area contributed by atoms with Gasteiger partial charge in [-0.1, -0.05) is 6.08 Å². The molecule has 1 rings (SSSR count). The molecule has 0 aromatic rings. The second kappa shape index (κ2) is 7.94. The second-order valence-electron chi connectivity index (χ2n) is 5.01. The van der Waals surface area contributed by atoms with Gasteiger partial charge >= 0.3 is 5.97 Å². The number of hydrogen-bond donors (Lipinski definition) is 2. The van der Waals surface area contributed by atoms with Gasteiger partial charge in [0.15, 0.2) is 0 Å². The standard InChI is InChI=1S/C14H23NO4/c1-3-4-5-12(14(17)18)15-13(16)9-8-11-7-6-10(2)19-11/h3,10-12H,1,4-9H2,2H3,(H,15,16)(H,17,18). The van der Waals surface area contributed by atoms with Crippen LogP contribution in [0.15, 0.2) is 12.7 Å². The van der Waals surface area contributed by atoms with Gasteiger partial charge in [-0.25, -0.2) is 4.79 Å². The van der Waals surface area contributed by atoms with Crippen molar-refractivity contribution in [3.8, 4) is 0 Å². The van der Waals surface area contributed by atoms with Crippen LogP contribution < -0.4 is 5.32 Å². The first-order valence-electron chi connectivity index (χ1n) is 6.81. The molecule has 0 saturated carbocycles. The number of aliphatic carboxylic acids is 1. The molecule has 5 heteroatoms. The van der Waals surface area contributed by atoms with Crippen molar-refractivity contribution in [1.82, 2.24) is 5.32 Å². The van der Waals surface area contributed by atoms with Gasteiger partial charge in [-0.15, -0.1) is 6.58 Å². The molecular formula is C14H23NO4. The molecule has 19 heavy (non-hydrogen) atoms. The van der Waals surface area contributed by atoms with E-state index in [1.54, 1.807) is 6.08 Å². The molecule has 3 atom stereocenters. The average molecular weight is 269 g/mol. The van der Waals surface area contributed by atoms with Crippen LogP contribution in [0.5, 0.6) is 0 Å². The number of ether oxygens (including phenoxy) is 1. The van der Waals surface area contributed by atoms with E-state index in [9.17, 15) is 9.59 Å². The van der Waals surface area contributed by atoms with Gasteiger partial charge in [0.2, 0.25) is 5.91 Å². The van der Waals surface area contributed by atoms with Crippen molar-refractivity contribution in [2.24, 2.45) is 0 Å². The summed E-state index contributed by atoms with van der Waals surface area (Å²) in [7, 11) is 0. The van der Waals surface area contributed by atoms with E-state index in [2.05, 4.69) is 11.9 Å². The van der Waals surface area contributed by atoms with E-state index in [1.165, 1.54) is 0 Å². The zero-order valence-electron chi connectivity index (χ0n) is 11.4. The molecular weight excluding hydrogens is 246 g/mol. The molecule has 5 nitrogen and oxygen atoms in total. The Kier molecular flexibility index (Phi) is 6.56. The van der Waals surface area contributed by atoms with E-state index in [0.717, 1.165) is 12.8 Å². The molecule has 1 heterocycles. The fourth-order valence-corrected chi connectivity index (χ4v) is 2.20. The van der Waals surface area contributed by atoms with Gasteiger partial charge in [0.25, 0.3) is 0 Å². The zero-order valence-corrected chi connectivity index (χ0v) is 11.4. The molecule has 1 aliphatic rings. The quantitative estimate of drug-likeness (QED) is 0.660. The Hall–Kier alpha value is -1.36. The maximum atomic E-state index is 11.7. The molecule has 1 saturated heterocycles. The number of carbonyl (C=O) groups excluding carboxylic acids is 1. The number of amides is 1. The predicted octanol–water partition coefficient (Wildman–Crippen LogP) is 1.87. The van der Waals surface area contributed by atoms with Crippen LogP contribution in [0.3, 0.4) is 0 Å². The van der Waals surface area contributed by atoms with Crippen LogP contribution in [0.2, 0.25) is 0 Å². The largest absolute Gasteiger partial charge is 0.480 e. The molecule has 0 aliphatic carbocycles. The maximum Gasteiger partial charge on any atom is 0.326 e. The Morgan fingerprint density at radius 3 is 2.79 bits per heavy atom. The Morgan fingerprint density at radius 2 is 2.26 bits per heavy atom. The van der Waals surface area contributed by atoms with Crippen LogP contribution in [0.4, 0.5) is 0 Å². The van der Waals surface area contributed by atoms with E-state index < -0.39 is 12.0 Å². The second-order valence-corrected chi connectivity index (χ2v) is 5.01. The third-order valence-corrected chi connectivity index (χ3v) is 3.31. The summed E-state index contributed by atoms with van der Waals surface area (Å²) in [6, 6.07) is -0.825. The van der Waals surface area contributed by atoms with Crippen LogP contribution in [-0.2, 0) is 14.3 Å². The van der Waals surface area contributed by atoms with Gasteiger partial charge in [-0.3, -0.25) is 4.79 Å². The van der Waals surface area contributed by atoms with E-state index in [1.807, 2.05) is 6.92 Å². The van der Waals surface area contributed by atoms with Crippen molar-refractivity contribution < 1.29 is 19.4 Å². The lowest BCUT2D eigenvalue weighted by atomic mass is 10.1. The fourth-order valence-electron chi connectivity index (χ4n) is 2.20. The summed E-state index contributed by atoms with van der Waals surface area (Å²) in [5, 5.41) is 11.5. The van der Waals surface area contributed by atoms with Gasteiger partial charge < -0.3 is 15.2 Å². The summed E-state index contributed by atoms with van der Waals surface area (Å²) < 4.78 is 5.62. The van der Waals surface area contributed by atoms with Crippen LogP contribution >= 0.6 is 0 Å². The van der Waals surface area contributed by atoms with Crippen molar-refractivity contribution >= 4 is 11.9 Å². The summed E-state index contributed by atoms with van der Waals surface area (Å²) >= 11 is 0. The molecule has 0 spiro atoms. The Balaban J connectivity index is 2.27. The molecule has 2 N–H and O–H groups in total. The SMILES string of the molecule is C=CCCC(NC(=O)CCC1CCC(C)O1)C(=O)O. The van der Waals surface area contributed by atoms with Gasteiger partial charge in [0.1, 0.15) is 6.04 Å². The van der Waals surface area contributed by atoms with Crippen LogP contribution in [0.25, 0.3) is 0 Å². The molecule has 1 fully saturated rings. The molecule has 0 bridgehead atoms. The van der Waals surface area contributed by atoms with E-state index in [-0.39, 0.29) is 18.1 Å². The monoisotopic (exact) mass is 269 g/mol. The minimum absolute atomic E-state index is 0.136. The maximum absolute atomic E-state index is 11.7. The molecule has 108 valence electrons. The van der Waals surface area contributed by atoms with Crippen molar-refractivity contribution in [3.05, 3.63) is 12.7 Å². The molecule has 1 aliphatic heterocycles. The molecule has 1 amide bonds. The Labute approximate surface area is 114 Å². The highest BCUT2D eigenvalue weighted by Gasteiger charge is 2.23. The van der Waals surface area contributed by atoms with Crippen LogP contribution in [0, 0.1) is 0 Å². The minimum Gasteiger partial charge on any atom is -0.480 e. The van der Waals surface area contributed by atoms with Gasteiger partial charge in [-0.05, 0) is 39.0 Å². The highest BCUT2D eigenvalue weighted by molar-refractivity contribution is 5.83. The lowest BCUT2D eigenvalue weighted by molar-refractivity contribution is -0.142. The summed E-state index contributed by atoms with van der Waals surface area (Å²) in [5.41, 5.74) is 0. The van der Waals surface area contributed by atoms with Crippen molar-refractivity contribution in [2.45, 2.75) is 63.7 Å². The zero-order chi connectivity index (χ0) is 14.3. The average Bonchev–Trinajstić information content (AvgIpc) is 2.77. The number of allylic oxidation sites excluding steroid dienone is 1. The summed E-state index contributed by atoms with van der Waals surface area (Å²) in [5.74, 6) is -1.22. The number of carboxylic acids is 1. The third-order valence-electron chi connectivity index (χ3n) is 3.31. The molecule has 3 unspecified atom stereocenters. The molecule has 0 aromatic heterocycles. The van der Waals surface area contributed by atoms with E-state index in [4.69, 9.17) is 9.84 Å². The van der Waals surface area contributed by atoms with Crippen molar-refractivity contribution in [1.29, 1.82) is 0 Å². The first kappa shape index (κ1) is 15.7. The van der Waals surface area contributed by atoms with Crippen molar-refractivity contribution in [2.75, 3.05) is 0 Å². The Bertz CT molecular complexity index is 329.